The van der Waals surface area contributed by atoms with Crippen LogP contribution in [-0.2, 0) is 4.57 Å². The minimum atomic E-state index is -4.79. The van der Waals surface area contributed by atoms with E-state index in [0.29, 0.717) is 6.42 Å². The fraction of sp³-hybridized carbons (Fsp3) is 1.00. The van der Waals surface area contributed by atoms with E-state index >= 15 is 0 Å². The summed E-state index contributed by atoms with van der Waals surface area (Å²) in [4.78, 5) is 35.0. The first kappa shape index (κ1) is 12.2. The molecule has 0 aliphatic carbocycles. The summed E-state index contributed by atoms with van der Waals surface area (Å²) in [5.41, 5.74) is -2.30. The summed E-state index contributed by atoms with van der Waals surface area (Å²) < 4.78 is 10.4. The Morgan fingerprint density at radius 3 is 2.08 bits per heavy atom. The quantitative estimate of drug-likeness (QED) is 0.299. The van der Waals surface area contributed by atoms with Crippen LogP contribution in [0.1, 0.15) is 13.3 Å². The molecule has 1 atom stereocenters. The maximum atomic E-state index is 10.4. The second-order valence-corrected chi connectivity index (χ2v) is 7.55. The van der Waals surface area contributed by atoms with Gasteiger partial charge in [0.25, 0.3) is 0 Å². The lowest BCUT2D eigenvalue weighted by molar-refractivity contribution is 0.198. The molecule has 0 radical (unpaired) electrons. The Morgan fingerprint density at radius 1 is 1.42 bits per heavy atom. The van der Waals surface area contributed by atoms with E-state index in [-0.39, 0.29) is 6.04 Å². The molecule has 0 heterocycles. The van der Waals surface area contributed by atoms with Gasteiger partial charge >= 0.3 is 16.2 Å². The summed E-state index contributed by atoms with van der Waals surface area (Å²) in [5, 5.41) is 8.84. The molecule has 0 aliphatic rings. The fourth-order valence-electron chi connectivity index (χ4n) is 0.766. The predicted molar refractivity (Wildman–Crippen MR) is 43.3 cm³/mol. The standard InChI is InChI=1S/C4H13O6PSi/c1-2-3-12(9,10)4(5)11(6,7)8/h4-5,9-10H,2-3H2,1H3,(H2,6,7,8). The van der Waals surface area contributed by atoms with Crippen LogP contribution in [0.3, 0.4) is 0 Å². The normalized spacial score (nSPS) is 16.2. The Balaban J connectivity index is 4.45. The van der Waals surface area contributed by atoms with Gasteiger partial charge in [0.05, 0.1) is 0 Å². The Labute approximate surface area is 70.9 Å². The molecule has 0 bridgehead atoms. The average Bonchev–Trinajstić information content (AvgIpc) is 1.84. The lowest BCUT2D eigenvalue weighted by atomic mass is 10.6. The van der Waals surface area contributed by atoms with Gasteiger partial charge in [-0.1, -0.05) is 13.3 Å². The van der Waals surface area contributed by atoms with Gasteiger partial charge in [-0.3, -0.25) is 4.57 Å². The van der Waals surface area contributed by atoms with Gasteiger partial charge in [0.1, 0.15) is 0 Å². The van der Waals surface area contributed by atoms with Crippen LogP contribution in [-0.4, -0.2) is 38.5 Å². The maximum Gasteiger partial charge on any atom is 0.375 e. The molecule has 0 saturated heterocycles. The second kappa shape index (κ2) is 3.97. The second-order valence-electron chi connectivity index (χ2n) is 2.59. The van der Waals surface area contributed by atoms with Crippen molar-refractivity contribution in [2.45, 2.75) is 24.9 Å². The molecular formula is C4H13O6PSi. The van der Waals surface area contributed by atoms with Crippen molar-refractivity contribution in [3.05, 3.63) is 0 Å². The number of hydrogen-bond acceptors (Lipinski definition) is 4. The van der Waals surface area contributed by atoms with E-state index in [1.807, 2.05) is 0 Å². The van der Waals surface area contributed by atoms with Crippen LogP contribution in [0.5, 0.6) is 0 Å². The zero-order valence-corrected chi connectivity index (χ0v) is 8.48. The minimum Gasteiger partial charge on any atom is -0.409 e. The van der Waals surface area contributed by atoms with Crippen LogP contribution in [0.25, 0.3) is 0 Å². The van der Waals surface area contributed by atoms with Gasteiger partial charge in [0.15, 0.2) is 5.47 Å². The first-order valence-electron chi connectivity index (χ1n) is 3.40. The largest absolute Gasteiger partial charge is 0.409 e. The average molecular weight is 216 g/mol. The minimum absolute atomic E-state index is 0.153. The van der Waals surface area contributed by atoms with Crippen molar-refractivity contribution in [1.29, 1.82) is 0 Å². The van der Waals surface area contributed by atoms with Crippen molar-refractivity contribution >= 4 is 16.2 Å². The van der Waals surface area contributed by atoms with Gasteiger partial charge in [0, 0.05) is 0 Å². The molecule has 1 unspecified atom stereocenters. The molecule has 74 valence electrons. The van der Waals surface area contributed by atoms with E-state index in [9.17, 15) is 4.57 Å². The van der Waals surface area contributed by atoms with Gasteiger partial charge in [-0.15, -0.1) is 0 Å². The van der Waals surface area contributed by atoms with Crippen molar-refractivity contribution in [1.82, 2.24) is 0 Å². The van der Waals surface area contributed by atoms with Gasteiger partial charge in [-0.05, 0) is 6.04 Å². The third-order valence-corrected chi connectivity index (χ3v) is 6.30. The van der Waals surface area contributed by atoms with Crippen molar-refractivity contribution in [2.75, 3.05) is 0 Å². The van der Waals surface area contributed by atoms with Crippen LogP contribution < -0.4 is 0 Å². The highest BCUT2D eigenvalue weighted by molar-refractivity contribution is 7.55. The van der Waals surface area contributed by atoms with Crippen LogP contribution in [0.15, 0.2) is 0 Å². The van der Waals surface area contributed by atoms with E-state index in [4.69, 9.17) is 24.5 Å². The maximum absolute atomic E-state index is 10.4. The molecule has 0 aromatic heterocycles. The monoisotopic (exact) mass is 216 g/mol. The molecule has 5 N–H and O–H groups in total. The number of rotatable bonds is 4. The van der Waals surface area contributed by atoms with E-state index < -0.39 is 21.6 Å². The zero-order chi connectivity index (χ0) is 9.99. The third-order valence-electron chi connectivity index (χ3n) is 1.35. The highest BCUT2D eigenvalue weighted by Crippen LogP contribution is 2.43. The molecule has 0 saturated carbocycles. The molecule has 0 amide bonds. The molecular weight excluding hydrogens is 203 g/mol. The molecule has 0 fully saturated rings. The first-order valence-corrected chi connectivity index (χ1v) is 7.26. The molecule has 6 nitrogen and oxygen atoms in total. The molecule has 0 spiro atoms. The number of aliphatic hydroxyl groups is 1. The van der Waals surface area contributed by atoms with Gasteiger partial charge in [-0.2, -0.15) is 0 Å². The summed E-state index contributed by atoms with van der Waals surface area (Å²) in [6.45, 7) is 1.63. The van der Waals surface area contributed by atoms with Crippen molar-refractivity contribution in [3.8, 4) is 0 Å². The topological polar surface area (TPSA) is 118 Å². The van der Waals surface area contributed by atoms with Crippen LogP contribution >= 0.6 is 7.60 Å². The van der Waals surface area contributed by atoms with E-state index in [2.05, 4.69) is 0 Å². The van der Waals surface area contributed by atoms with Crippen molar-refractivity contribution in [3.63, 3.8) is 0 Å². The van der Waals surface area contributed by atoms with Crippen molar-refractivity contribution < 1.29 is 29.0 Å². The Hall–Kier alpha value is 0.247. The molecule has 0 aromatic carbocycles. The molecule has 0 rings (SSSR count). The smallest absolute Gasteiger partial charge is 0.375 e. The van der Waals surface area contributed by atoms with E-state index in [1.54, 1.807) is 6.92 Å². The zero-order valence-electron chi connectivity index (χ0n) is 6.58. The SMILES string of the molecule is CCC[Si](O)(O)C(O)P(=O)(O)O. The van der Waals surface area contributed by atoms with Gasteiger partial charge in [0.2, 0.25) is 0 Å². The fourth-order valence-corrected chi connectivity index (χ4v) is 4.30. The summed E-state index contributed by atoms with van der Waals surface area (Å²) in [6, 6.07) is -0.153. The molecule has 12 heavy (non-hydrogen) atoms. The highest BCUT2D eigenvalue weighted by atomic mass is 31.2. The molecule has 0 aromatic rings. The summed E-state index contributed by atoms with van der Waals surface area (Å²) in [7, 11) is -8.94. The first-order chi connectivity index (χ1) is 5.22. The molecule has 0 aliphatic heterocycles. The van der Waals surface area contributed by atoms with Crippen molar-refractivity contribution in [2.24, 2.45) is 0 Å². The molecule has 8 heteroatoms. The summed E-state index contributed by atoms with van der Waals surface area (Å²) >= 11 is 0. The van der Waals surface area contributed by atoms with Crippen LogP contribution in [0.2, 0.25) is 6.04 Å². The lowest BCUT2D eigenvalue weighted by Gasteiger charge is -2.23. The Kier molecular flexibility index (Phi) is 4.05. The number of hydrogen-bond donors (Lipinski definition) is 5. The van der Waals surface area contributed by atoms with Crippen LogP contribution in [0, 0.1) is 0 Å². The number of aliphatic hydroxyl groups excluding tert-OH is 1. The Morgan fingerprint density at radius 2 is 1.83 bits per heavy atom. The van der Waals surface area contributed by atoms with Gasteiger partial charge in [-0.25, -0.2) is 0 Å². The summed E-state index contributed by atoms with van der Waals surface area (Å²) in [6.07, 6.45) is 0.357. The van der Waals surface area contributed by atoms with E-state index in [1.165, 1.54) is 0 Å². The lowest BCUT2D eigenvalue weighted by Crippen LogP contribution is -2.47. The van der Waals surface area contributed by atoms with Crippen LogP contribution in [0.4, 0.5) is 0 Å². The van der Waals surface area contributed by atoms with Gasteiger partial charge < -0.3 is 24.5 Å². The highest BCUT2D eigenvalue weighted by Gasteiger charge is 2.48. The third kappa shape index (κ3) is 3.32. The Bertz CT molecular complexity index is 188. The summed E-state index contributed by atoms with van der Waals surface area (Å²) in [5.74, 6) is 0. The van der Waals surface area contributed by atoms with E-state index in [0.717, 1.165) is 0 Å². The predicted octanol–water partition coefficient (Wildman–Crippen LogP) is -1.14.